The van der Waals surface area contributed by atoms with Gasteiger partial charge in [-0.25, -0.2) is 0 Å². The van der Waals surface area contributed by atoms with Gasteiger partial charge in [0.1, 0.15) is 4.32 Å². The number of hydrogen-bond donors (Lipinski definition) is 1. The van der Waals surface area contributed by atoms with Crippen LogP contribution in [0.5, 0.6) is 0 Å². The summed E-state index contributed by atoms with van der Waals surface area (Å²) in [7, 11) is 0. The number of hydrogen-bond acceptors (Lipinski definition) is 1. The molecule has 0 fully saturated rings. The average Bonchev–Trinajstić information content (AvgIpc) is 2.61. The van der Waals surface area contributed by atoms with Crippen molar-refractivity contribution in [1.82, 2.24) is 4.90 Å². The van der Waals surface area contributed by atoms with E-state index in [1.54, 1.807) is 0 Å². The Morgan fingerprint density at radius 3 is 1.68 bits per heavy atom. The summed E-state index contributed by atoms with van der Waals surface area (Å²) in [4.78, 5) is 2.34. The Morgan fingerprint density at radius 2 is 1.24 bits per heavy atom. The summed E-state index contributed by atoms with van der Waals surface area (Å²) in [5.41, 5.74) is 0. The first kappa shape index (κ1) is 25.2. The van der Waals surface area contributed by atoms with E-state index in [2.05, 4.69) is 38.3 Å². The largest absolute Gasteiger partial charge is 0.357 e. The number of rotatable bonds is 18. The summed E-state index contributed by atoms with van der Waals surface area (Å²) >= 11 is 9.83. The van der Waals surface area contributed by atoms with Crippen LogP contribution in [-0.4, -0.2) is 22.3 Å². The van der Waals surface area contributed by atoms with E-state index in [1.807, 2.05) is 0 Å². The third-order valence-corrected chi connectivity index (χ3v) is 5.87. The van der Waals surface area contributed by atoms with E-state index in [0.717, 1.165) is 23.3 Å². The van der Waals surface area contributed by atoms with Crippen molar-refractivity contribution in [2.45, 2.75) is 117 Å². The highest BCUT2D eigenvalue weighted by Gasteiger charge is 2.13. The Morgan fingerprint density at radius 1 is 0.760 bits per heavy atom. The fourth-order valence-corrected chi connectivity index (χ4v) is 3.81. The standard InChI is InChI=1S/C22H45NS2/c1-4-7-9-10-11-12-13-14-15-16-17-19-23(22(24)25)20-21(6-3)18-8-5-2/h21H,4-20H2,1-3H3,(H,24,25). The minimum atomic E-state index is 0.776. The Balaban J connectivity index is 3.68. The molecule has 1 unspecified atom stereocenters. The molecule has 0 spiro atoms. The SMILES string of the molecule is CCCCCCCCCCCCCN(CC(CC)CCCC)C(=S)S. The van der Waals surface area contributed by atoms with Gasteiger partial charge in [0.15, 0.2) is 0 Å². The fourth-order valence-electron chi connectivity index (χ4n) is 3.46. The van der Waals surface area contributed by atoms with Crippen molar-refractivity contribution >= 4 is 29.2 Å². The van der Waals surface area contributed by atoms with E-state index < -0.39 is 0 Å². The van der Waals surface area contributed by atoms with Crippen molar-refractivity contribution in [3.63, 3.8) is 0 Å². The fraction of sp³-hybridized carbons (Fsp3) is 0.955. The van der Waals surface area contributed by atoms with Crippen molar-refractivity contribution in [2.24, 2.45) is 5.92 Å². The molecule has 25 heavy (non-hydrogen) atoms. The van der Waals surface area contributed by atoms with Crippen LogP contribution in [0.1, 0.15) is 117 Å². The monoisotopic (exact) mass is 387 g/mol. The number of thiol groups is 1. The molecule has 0 aliphatic heterocycles. The van der Waals surface area contributed by atoms with Gasteiger partial charge in [-0.3, -0.25) is 0 Å². The van der Waals surface area contributed by atoms with Gasteiger partial charge in [0.2, 0.25) is 0 Å². The molecular formula is C22H45NS2. The van der Waals surface area contributed by atoms with Gasteiger partial charge in [-0.15, -0.1) is 12.6 Å². The first-order chi connectivity index (χ1) is 12.2. The van der Waals surface area contributed by atoms with Crippen molar-refractivity contribution < 1.29 is 0 Å². The summed E-state index contributed by atoms with van der Waals surface area (Å²) in [6.45, 7) is 9.08. The zero-order chi connectivity index (χ0) is 18.8. The maximum absolute atomic E-state index is 5.36. The summed E-state index contributed by atoms with van der Waals surface area (Å²) in [5, 5.41) is 0. The second-order valence-corrected chi connectivity index (χ2v) is 8.79. The molecule has 0 heterocycles. The minimum absolute atomic E-state index is 0.776. The topological polar surface area (TPSA) is 3.24 Å². The minimum Gasteiger partial charge on any atom is -0.357 e. The molecule has 0 aliphatic carbocycles. The maximum Gasteiger partial charge on any atom is 0.133 e. The second kappa shape index (κ2) is 19.0. The molecule has 150 valence electrons. The molecule has 0 aromatic heterocycles. The number of nitrogens with zero attached hydrogens (tertiary/aromatic N) is 1. The van der Waals surface area contributed by atoms with Crippen molar-refractivity contribution in [3.8, 4) is 0 Å². The van der Waals surface area contributed by atoms with Gasteiger partial charge in [-0.1, -0.05) is 116 Å². The highest BCUT2D eigenvalue weighted by Crippen LogP contribution is 2.17. The molecule has 0 rings (SSSR count). The summed E-state index contributed by atoms with van der Waals surface area (Å²) in [6, 6.07) is 0. The lowest BCUT2D eigenvalue weighted by Crippen LogP contribution is -2.32. The molecule has 1 nitrogen and oxygen atoms in total. The van der Waals surface area contributed by atoms with Gasteiger partial charge in [-0.05, 0) is 18.8 Å². The summed E-state index contributed by atoms with van der Waals surface area (Å²) < 4.78 is 0.794. The summed E-state index contributed by atoms with van der Waals surface area (Å²) in [6.07, 6.45) is 20.6. The Bertz CT molecular complexity index is 294. The molecule has 0 N–H and O–H groups in total. The van der Waals surface area contributed by atoms with Crippen LogP contribution in [-0.2, 0) is 0 Å². The Hall–Kier alpha value is 0.240. The van der Waals surface area contributed by atoms with Crippen LogP contribution in [0.25, 0.3) is 0 Å². The maximum atomic E-state index is 5.36. The lowest BCUT2D eigenvalue weighted by atomic mass is 9.99. The van der Waals surface area contributed by atoms with Gasteiger partial charge in [0, 0.05) is 13.1 Å². The molecule has 0 amide bonds. The first-order valence-electron chi connectivity index (χ1n) is 11.1. The predicted octanol–water partition coefficient (Wildman–Crippen LogP) is 8.03. The molecule has 0 aromatic carbocycles. The highest BCUT2D eigenvalue weighted by molar-refractivity contribution is 8.10. The van der Waals surface area contributed by atoms with E-state index in [4.69, 9.17) is 12.2 Å². The van der Waals surface area contributed by atoms with Crippen LogP contribution >= 0.6 is 24.8 Å². The van der Waals surface area contributed by atoms with E-state index in [1.165, 1.54) is 96.3 Å². The van der Waals surface area contributed by atoms with Crippen molar-refractivity contribution in [1.29, 1.82) is 0 Å². The number of thiocarbonyl (C=S) groups is 1. The van der Waals surface area contributed by atoms with Gasteiger partial charge in [-0.2, -0.15) is 0 Å². The molecule has 0 aromatic rings. The molecule has 0 aliphatic rings. The Kier molecular flexibility index (Phi) is 19.2. The lowest BCUT2D eigenvalue weighted by molar-refractivity contribution is 0.313. The van der Waals surface area contributed by atoms with E-state index >= 15 is 0 Å². The van der Waals surface area contributed by atoms with Crippen LogP contribution in [0, 0.1) is 5.92 Å². The van der Waals surface area contributed by atoms with Crippen molar-refractivity contribution in [3.05, 3.63) is 0 Å². The van der Waals surface area contributed by atoms with Crippen LogP contribution in [0.2, 0.25) is 0 Å². The molecule has 0 bridgehead atoms. The molecule has 0 saturated carbocycles. The van der Waals surface area contributed by atoms with E-state index in [-0.39, 0.29) is 0 Å². The van der Waals surface area contributed by atoms with Gasteiger partial charge in [0.25, 0.3) is 0 Å². The summed E-state index contributed by atoms with van der Waals surface area (Å²) in [5.74, 6) is 0.776. The third-order valence-electron chi connectivity index (χ3n) is 5.32. The Labute approximate surface area is 170 Å². The molecular weight excluding hydrogens is 342 g/mol. The van der Waals surface area contributed by atoms with Crippen LogP contribution in [0.15, 0.2) is 0 Å². The molecule has 1 atom stereocenters. The lowest BCUT2D eigenvalue weighted by Gasteiger charge is -2.27. The van der Waals surface area contributed by atoms with Crippen LogP contribution < -0.4 is 0 Å². The van der Waals surface area contributed by atoms with E-state index in [9.17, 15) is 0 Å². The van der Waals surface area contributed by atoms with Gasteiger partial charge >= 0.3 is 0 Å². The third kappa shape index (κ3) is 16.2. The van der Waals surface area contributed by atoms with E-state index in [0.29, 0.717) is 0 Å². The first-order valence-corrected chi connectivity index (χ1v) is 12.0. The van der Waals surface area contributed by atoms with Gasteiger partial charge in [0.05, 0.1) is 0 Å². The predicted molar refractivity (Wildman–Crippen MR) is 123 cm³/mol. The average molecular weight is 388 g/mol. The molecule has 3 heteroatoms. The van der Waals surface area contributed by atoms with Gasteiger partial charge < -0.3 is 4.90 Å². The molecule has 0 saturated heterocycles. The molecule has 0 radical (unpaired) electrons. The van der Waals surface area contributed by atoms with Crippen LogP contribution in [0.3, 0.4) is 0 Å². The quantitative estimate of drug-likeness (QED) is 0.144. The highest BCUT2D eigenvalue weighted by atomic mass is 32.1. The zero-order valence-electron chi connectivity index (χ0n) is 17.4. The normalized spacial score (nSPS) is 12.3. The zero-order valence-corrected chi connectivity index (χ0v) is 19.1. The smallest absolute Gasteiger partial charge is 0.133 e. The number of unbranched alkanes of at least 4 members (excludes halogenated alkanes) is 11. The van der Waals surface area contributed by atoms with Crippen LogP contribution in [0.4, 0.5) is 0 Å². The second-order valence-electron chi connectivity index (χ2n) is 7.68. The van der Waals surface area contributed by atoms with Crippen molar-refractivity contribution in [2.75, 3.05) is 13.1 Å².